The number of hydrogen-bond acceptors (Lipinski definition) is 9. The number of ether oxygens (including phenoxy) is 3. The number of aliphatic hydroxyl groups excluding tert-OH is 5. The van der Waals surface area contributed by atoms with E-state index in [9.17, 15) is 30.3 Å². The highest BCUT2D eigenvalue weighted by atomic mass is 16.7. The van der Waals surface area contributed by atoms with E-state index in [0.717, 1.165) is 44.1 Å². The van der Waals surface area contributed by atoms with Crippen molar-refractivity contribution in [1.29, 1.82) is 0 Å². The second-order valence-electron chi connectivity index (χ2n) is 20.2. The molecule has 0 aliphatic carbocycles. The molecule has 10 heteroatoms. The lowest BCUT2D eigenvalue weighted by molar-refractivity contribution is -0.310. The van der Waals surface area contributed by atoms with Crippen molar-refractivity contribution in [2.75, 3.05) is 13.2 Å². The number of unbranched alkanes of at least 4 members (excludes halogenated alkanes) is 33. The fourth-order valence-corrected chi connectivity index (χ4v) is 9.57. The Labute approximate surface area is 410 Å². The molecule has 0 saturated carbocycles. The molecule has 1 aliphatic rings. The van der Waals surface area contributed by atoms with Crippen molar-refractivity contribution in [2.45, 2.75) is 307 Å². The third-order valence-corrected chi connectivity index (χ3v) is 14.1. The number of aliphatic hydroxyl groups is 5. The van der Waals surface area contributed by atoms with Crippen LogP contribution in [0.25, 0.3) is 0 Å². The molecule has 1 aromatic rings. The van der Waals surface area contributed by atoms with Crippen molar-refractivity contribution in [3.63, 3.8) is 0 Å². The monoisotopic (exact) mass is 948 g/mol. The summed E-state index contributed by atoms with van der Waals surface area (Å²) in [5, 5.41) is 57.6. The van der Waals surface area contributed by atoms with Gasteiger partial charge in [-0.15, -0.1) is 0 Å². The van der Waals surface area contributed by atoms with E-state index in [0.29, 0.717) is 12.8 Å². The normalized spacial score (nSPS) is 20.0. The van der Waals surface area contributed by atoms with Crippen molar-refractivity contribution >= 4 is 5.91 Å². The van der Waals surface area contributed by atoms with Crippen LogP contribution in [0.15, 0.2) is 30.3 Å². The smallest absolute Gasteiger partial charge is 0.220 e. The van der Waals surface area contributed by atoms with Gasteiger partial charge in [0.05, 0.1) is 32.0 Å². The van der Waals surface area contributed by atoms with Crippen molar-refractivity contribution in [1.82, 2.24) is 5.32 Å². The zero-order valence-electron chi connectivity index (χ0n) is 43.2. The molecule has 1 amide bonds. The molecule has 6 N–H and O–H groups in total. The number of hydrogen-bond donors (Lipinski definition) is 6. The molecule has 392 valence electrons. The molecule has 0 aromatic heterocycles. The number of benzene rings is 1. The maximum Gasteiger partial charge on any atom is 0.220 e. The Morgan fingerprint density at radius 1 is 0.567 bits per heavy atom. The van der Waals surface area contributed by atoms with Gasteiger partial charge in [-0.1, -0.05) is 262 Å². The van der Waals surface area contributed by atoms with E-state index < -0.39 is 55.6 Å². The van der Waals surface area contributed by atoms with Crippen molar-refractivity contribution in [3.05, 3.63) is 35.9 Å². The lowest BCUT2D eigenvalue weighted by atomic mass is 9.98. The van der Waals surface area contributed by atoms with Crippen LogP contribution >= 0.6 is 0 Å². The van der Waals surface area contributed by atoms with Gasteiger partial charge in [-0.3, -0.25) is 4.79 Å². The molecule has 0 unspecified atom stereocenters. The fourth-order valence-electron chi connectivity index (χ4n) is 9.57. The number of nitrogens with one attached hydrogen (secondary N) is 1. The van der Waals surface area contributed by atoms with E-state index in [1.165, 1.54) is 186 Å². The summed E-state index contributed by atoms with van der Waals surface area (Å²) < 4.78 is 17.7. The highest BCUT2D eigenvalue weighted by Crippen LogP contribution is 2.26. The van der Waals surface area contributed by atoms with Crippen molar-refractivity contribution in [2.24, 2.45) is 0 Å². The summed E-state index contributed by atoms with van der Waals surface area (Å²) in [4.78, 5) is 13.2. The zero-order chi connectivity index (χ0) is 48.4. The average Bonchev–Trinajstić information content (AvgIpc) is 3.34. The lowest BCUT2D eigenvalue weighted by Crippen LogP contribution is -2.61. The Hall–Kier alpha value is -1.63. The number of amides is 1. The first kappa shape index (κ1) is 61.5. The summed E-state index contributed by atoms with van der Waals surface area (Å²) in [5.41, 5.74) is 0.866. The van der Waals surface area contributed by atoms with Gasteiger partial charge in [0.25, 0.3) is 0 Å². The maximum absolute atomic E-state index is 13.2. The summed E-state index contributed by atoms with van der Waals surface area (Å²) >= 11 is 0. The lowest BCUT2D eigenvalue weighted by Gasteiger charge is -2.42. The van der Waals surface area contributed by atoms with E-state index in [1.807, 2.05) is 30.3 Å². The first-order chi connectivity index (χ1) is 32.8. The van der Waals surface area contributed by atoms with E-state index in [4.69, 9.17) is 14.2 Å². The summed E-state index contributed by atoms with van der Waals surface area (Å²) in [7, 11) is 0. The second-order valence-corrected chi connectivity index (χ2v) is 20.2. The van der Waals surface area contributed by atoms with E-state index in [2.05, 4.69) is 19.2 Å². The van der Waals surface area contributed by atoms with Crippen LogP contribution in [0, 0.1) is 0 Å². The van der Waals surface area contributed by atoms with Gasteiger partial charge >= 0.3 is 0 Å². The van der Waals surface area contributed by atoms with E-state index >= 15 is 0 Å². The Morgan fingerprint density at radius 3 is 1.39 bits per heavy atom. The minimum Gasteiger partial charge on any atom is -0.394 e. The molecule has 1 heterocycles. The molecule has 1 saturated heterocycles. The highest BCUT2D eigenvalue weighted by molar-refractivity contribution is 5.76. The Morgan fingerprint density at radius 2 is 0.970 bits per heavy atom. The highest BCUT2D eigenvalue weighted by Gasteiger charge is 2.46. The molecule has 1 fully saturated rings. The molecule has 0 spiro atoms. The third-order valence-electron chi connectivity index (χ3n) is 14.1. The van der Waals surface area contributed by atoms with E-state index in [-0.39, 0.29) is 19.1 Å². The van der Waals surface area contributed by atoms with Crippen LogP contribution in [0.1, 0.15) is 257 Å². The predicted octanol–water partition coefficient (Wildman–Crippen LogP) is 12.7. The van der Waals surface area contributed by atoms with Crippen LogP contribution < -0.4 is 5.32 Å². The Balaban J connectivity index is 1.68. The standard InChI is InChI=1S/C57H105NO9/c1-3-5-7-9-11-13-15-17-18-19-20-21-22-23-24-25-26-27-29-31-33-35-40-44-52(61)58-49(53(62)50(60)43-39-34-32-30-28-16-14-12-10-8-6-4-2)47-66-57-55(64)54(63)56(51(45-59)67-57)65-46-48-41-37-36-38-42-48/h36-38,41-42,49-51,53-57,59-60,62-64H,3-35,39-40,43-47H2,1-2H3,(H,58,61)/t49-,50+,51+,53-,54+,55+,56-,57-/m0/s1. The topological polar surface area (TPSA) is 158 Å². The van der Waals surface area contributed by atoms with Crippen LogP contribution in [0.2, 0.25) is 0 Å². The van der Waals surface area contributed by atoms with Crippen molar-refractivity contribution in [3.8, 4) is 0 Å². The largest absolute Gasteiger partial charge is 0.394 e. The molecule has 10 nitrogen and oxygen atoms in total. The summed E-state index contributed by atoms with van der Waals surface area (Å²) in [6.07, 6.45) is 36.5. The third kappa shape index (κ3) is 31.4. The SMILES string of the molecule is CCCCCCCCCCCCCCCCCCCCCCCCCC(=O)N[C@@H](CO[C@H]1O[C@H](CO)[C@H](OCc2ccccc2)[C@H](O)[C@H]1O)[C@H](O)[C@H](O)CCCCCCCCCCCCCC. The first-order valence-corrected chi connectivity index (χ1v) is 28.4. The first-order valence-electron chi connectivity index (χ1n) is 28.4. The molecular weight excluding hydrogens is 843 g/mol. The van der Waals surface area contributed by atoms with Gasteiger partial charge in [-0.25, -0.2) is 0 Å². The number of carbonyl (C=O) groups is 1. The minimum absolute atomic E-state index is 0.150. The predicted molar refractivity (Wildman–Crippen MR) is 275 cm³/mol. The summed E-state index contributed by atoms with van der Waals surface area (Å²) in [5.74, 6) is -0.235. The van der Waals surface area contributed by atoms with Crippen LogP contribution in [0.4, 0.5) is 0 Å². The molecule has 2 rings (SSSR count). The Kier molecular flexibility index (Phi) is 39.6. The molecule has 1 aromatic carbocycles. The molecular formula is C57H105NO9. The molecule has 67 heavy (non-hydrogen) atoms. The van der Waals surface area contributed by atoms with Gasteiger partial charge in [0.2, 0.25) is 5.91 Å². The minimum atomic E-state index is -1.52. The zero-order valence-corrected chi connectivity index (χ0v) is 43.2. The molecule has 1 aliphatic heterocycles. The van der Waals surface area contributed by atoms with E-state index in [1.54, 1.807) is 0 Å². The molecule has 0 radical (unpaired) electrons. The van der Waals surface area contributed by atoms with Gasteiger partial charge in [0.1, 0.15) is 30.5 Å². The number of rotatable bonds is 47. The quantitative estimate of drug-likeness (QED) is 0.0350. The summed E-state index contributed by atoms with van der Waals surface area (Å²) in [6.45, 7) is 3.92. The van der Waals surface area contributed by atoms with Gasteiger partial charge in [0, 0.05) is 6.42 Å². The summed E-state index contributed by atoms with van der Waals surface area (Å²) in [6, 6.07) is 8.41. The molecule has 8 atom stereocenters. The van der Waals surface area contributed by atoms with Gasteiger partial charge in [0.15, 0.2) is 6.29 Å². The van der Waals surface area contributed by atoms with Crippen LogP contribution in [0.5, 0.6) is 0 Å². The van der Waals surface area contributed by atoms with Crippen LogP contribution in [-0.2, 0) is 25.6 Å². The maximum atomic E-state index is 13.2. The fraction of sp³-hybridized carbons (Fsp3) is 0.877. The van der Waals surface area contributed by atoms with Crippen molar-refractivity contribution < 1.29 is 44.5 Å². The second kappa shape index (κ2) is 43.2. The number of carbonyl (C=O) groups excluding carboxylic acids is 1. The van der Waals surface area contributed by atoms with Crippen LogP contribution in [0.3, 0.4) is 0 Å². The average molecular weight is 948 g/mol. The molecule has 0 bridgehead atoms. The van der Waals surface area contributed by atoms with Gasteiger partial charge in [-0.05, 0) is 18.4 Å². The van der Waals surface area contributed by atoms with Crippen LogP contribution in [-0.4, -0.2) is 93.6 Å². The Bertz CT molecular complexity index is 1220. The van der Waals surface area contributed by atoms with Gasteiger partial charge < -0.3 is 45.1 Å². The van der Waals surface area contributed by atoms with Gasteiger partial charge in [-0.2, -0.15) is 0 Å².